The smallest absolute Gasteiger partial charge is 0.270 e. The number of aryl methyl sites for hydroxylation is 1. The summed E-state index contributed by atoms with van der Waals surface area (Å²) >= 11 is 2.05. The third kappa shape index (κ3) is 3.44. The predicted octanol–water partition coefficient (Wildman–Crippen LogP) is 3.17. The van der Waals surface area contributed by atoms with Crippen molar-refractivity contribution in [3.63, 3.8) is 0 Å². The molecule has 6 rings (SSSR count). The largest absolute Gasteiger partial charge is 0.352 e. The topological polar surface area (TPSA) is 88.4 Å². The van der Waals surface area contributed by atoms with Crippen molar-refractivity contribution in [2.45, 2.75) is 49.6 Å². The van der Waals surface area contributed by atoms with Gasteiger partial charge in [-0.1, -0.05) is 17.7 Å². The monoisotopic (exact) mass is 577 g/mol. The van der Waals surface area contributed by atoms with Gasteiger partial charge in [-0.25, -0.2) is 22.4 Å². The normalized spacial score (nSPS) is 22.8. The fourth-order valence-electron chi connectivity index (χ4n) is 5.22. The van der Waals surface area contributed by atoms with Gasteiger partial charge in [0.25, 0.3) is 10.0 Å². The molecule has 1 aromatic carbocycles. The lowest BCUT2D eigenvalue weighted by molar-refractivity contribution is -0.135. The summed E-state index contributed by atoms with van der Waals surface area (Å²) in [4.78, 5) is 26.3. The Morgan fingerprint density at radius 1 is 1.03 bits per heavy atom. The number of anilines is 1. The molecule has 3 fully saturated rings. The first-order valence-electron chi connectivity index (χ1n) is 11.3. The van der Waals surface area contributed by atoms with Crippen LogP contribution in [-0.2, 0) is 14.8 Å². The molecule has 8 nitrogen and oxygen atoms in total. The molecule has 1 aliphatic carbocycles. The summed E-state index contributed by atoms with van der Waals surface area (Å²) in [5, 5.41) is 0.721. The van der Waals surface area contributed by atoms with Crippen molar-refractivity contribution in [1.82, 2.24) is 18.8 Å². The third-order valence-corrected chi connectivity index (χ3v) is 9.85. The number of halogens is 1. The molecule has 2 bridgehead atoms. The van der Waals surface area contributed by atoms with E-state index in [1.54, 1.807) is 24.3 Å². The number of hydrogen-bond donors (Lipinski definition) is 0. The summed E-state index contributed by atoms with van der Waals surface area (Å²) in [5.74, 6) is 1.29. The van der Waals surface area contributed by atoms with E-state index in [-0.39, 0.29) is 22.9 Å². The highest BCUT2D eigenvalue weighted by Gasteiger charge is 2.47. The number of rotatable bonds is 4. The van der Waals surface area contributed by atoms with Gasteiger partial charge in [-0.15, -0.1) is 0 Å². The van der Waals surface area contributed by atoms with E-state index in [1.165, 1.54) is 10.3 Å². The van der Waals surface area contributed by atoms with Gasteiger partial charge in [0.2, 0.25) is 5.91 Å². The van der Waals surface area contributed by atoms with Crippen molar-refractivity contribution >= 4 is 55.4 Å². The van der Waals surface area contributed by atoms with Crippen molar-refractivity contribution in [2.75, 3.05) is 18.0 Å². The molecule has 33 heavy (non-hydrogen) atoms. The average molecular weight is 577 g/mol. The summed E-state index contributed by atoms with van der Waals surface area (Å²) in [6.45, 7) is 3.36. The highest BCUT2D eigenvalue weighted by Crippen LogP contribution is 2.40. The number of nitrogens with zero attached hydrogens (tertiary/aromatic N) is 5. The Morgan fingerprint density at radius 3 is 2.33 bits per heavy atom. The molecule has 1 amide bonds. The van der Waals surface area contributed by atoms with E-state index in [4.69, 9.17) is 0 Å². The number of fused-ring (bicyclic) bond motifs is 3. The molecule has 2 saturated heterocycles. The van der Waals surface area contributed by atoms with Crippen LogP contribution in [0.2, 0.25) is 0 Å². The number of hydrogen-bond acceptors (Lipinski definition) is 6. The first-order valence-corrected chi connectivity index (χ1v) is 13.8. The predicted molar refractivity (Wildman–Crippen MR) is 133 cm³/mol. The molecule has 1 saturated carbocycles. The number of piperazine rings is 1. The minimum absolute atomic E-state index is 0.194. The molecule has 0 spiro atoms. The van der Waals surface area contributed by atoms with E-state index in [0.29, 0.717) is 28.3 Å². The van der Waals surface area contributed by atoms with Crippen LogP contribution in [0.4, 0.5) is 5.82 Å². The van der Waals surface area contributed by atoms with Crippen LogP contribution in [0.15, 0.2) is 41.6 Å². The zero-order chi connectivity index (χ0) is 22.9. The number of carbonyl (C=O) groups is 1. The molecule has 3 aromatic rings. The van der Waals surface area contributed by atoms with Gasteiger partial charge >= 0.3 is 0 Å². The molecule has 4 heterocycles. The van der Waals surface area contributed by atoms with E-state index in [2.05, 4.69) is 42.4 Å². The van der Waals surface area contributed by atoms with Crippen molar-refractivity contribution in [2.24, 2.45) is 5.92 Å². The van der Waals surface area contributed by atoms with Crippen LogP contribution in [0.3, 0.4) is 0 Å². The number of amides is 1. The minimum Gasteiger partial charge on any atom is -0.352 e. The summed E-state index contributed by atoms with van der Waals surface area (Å²) < 4.78 is 28.8. The van der Waals surface area contributed by atoms with Crippen LogP contribution in [0.5, 0.6) is 0 Å². The van der Waals surface area contributed by atoms with E-state index >= 15 is 0 Å². The van der Waals surface area contributed by atoms with Gasteiger partial charge in [0.1, 0.15) is 12.1 Å². The second-order valence-electron chi connectivity index (χ2n) is 9.29. The molecular formula is C23H24IN5O3S. The van der Waals surface area contributed by atoms with Crippen LogP contribution in [0, 0.1) is 16.5 Å². The summed E-state index contributed by atoms with van der Waals surface area (Å²) in [6.07, 6.45) is 5.50. The van der Waals surface area contributed by atoms with Crippen LogP contribution in [0.25, 0.3) is 11.0 Å². The average Bonchev–Trinajstić information content (AvgIpc) is 3.53. The Hall–Kier alpha value is -2.21. The SMILES string of the molecule is Cc1ccc(S(=O)(=O)n2c(I)cc3c(N4CC5CCC(C4)N5C(=O)C4CC4)ncnc32)cc1. The van der Waals surface area contributed by atoms with Gasteiger partial charge in [-0.05, 0) is 73.4 Å². The summed E-state index contributed by atoms with van der Waals surface area (Å²) in [7, 11) is -3.80. The molecule has 2 aliphatic heterocycles. The quantitative estimate of drug-likeness (QED) is 0.443. The van der Waals surface area contributed by atoms with Crippen molar-refractivity contribution in [1.29, 1.82) is 0 Å². The Balaban J connectivity index is 1.38. The first-order chi connectivity index (χ1) is 15.8. The first kappa shape index (κ1) is 21.3. The maximum absolute atomic E-state index is 13.5. The lowest BCUT2D eigenvalue weighted by Gasteiger charge is -2.41. The molecule has 0 N–H and O–H groups in total. The van der Waals surface area contributed by atoms with Crippen LogP contribution in [0.1, 0.15) is 31.2 Å². The van der Waals surface area contributed by atoms with Crippen molar-refractivity contribution in [3.05, 3.63) is 45.9 Å². The zero-order valence-corrected chi connectivity index (χ0v) is 21.2. The molecule has 0 radical (unpaired) electrons. The second-order valence-corrected chi connectivity index (χ2v) is 12.2. The molecular weight excluding hydrogens is 553 g/mol. The van der Waals surface area contributed by atoms with E-state index in [1.807, 2.05) is 13.0 Å². The summed E-state index contributed by atoms with van der Waals surface area (Å²) in [5.41, 5.74) is 1.38. The Bertz CT molecular complexity index is 1350. The maximum Gasteiger partial charge on any atom is 0.270 e. The van der Waals surface area contributed by atoms with E-state index < -0.39 is 10.0 Å². The van der Waals surface area contributed by atoms with Crippen LogP contribution in [-0.4, -0.2) is 58.3 Å². The Kier molecular flexibility index (Phi) is 4.95. The molecule has 2 aromatic heterocycles. The number of carbonyl (C=O) groups excluding carboxylic acids is 1. The standard InChI is InChI=1S/C23H24IN5O3S/c1-14-2-8-18(9-3-14)33(31,32)29-20(24)10-19-21(25-13-26-22(19)29)27-11-16-6-7-17(12-27)28(16)23(30)15-4-5-15/h2-3,8-10,13,15-17H,4-7,11-12H2,1H3. The Morgan fingerprint density at radius 2 is 1.70 bits per heavy atom. The maximum atomic E-state index is 13.5. The lowest BCUT2D eigenvalue weighted by Crippen LogP contribution is -2.56. The number of aromatic nitrogens is 3. The molecule has 172 valence electrons. The van der Waals surface area contributed by atoms with Gasteiger partial charge in [-0.2, -0.15) is 0 Å². The van der Waals surface area contributed by atoms with Gasteiger partial charge < -0.3 is 9.80 Å². The van der Waals surface area contributed by atoms with Crippen molar-refractivity contribution in [3.8, 4) is 0 Å². The van der Waals surface area contributed by atoms with Gasteiger partial charge in [0, 0.05) is 31.1 Å². The molecule has 10 heteroatoms. The van der Waals surface area contributed by atoms with E-state index in [0.717, 1.165) is 42.5 Å². The van der Waals surface area contributed by atoms with Crippen molar-refractivity contribution < 1.29 is 13.2 Å². The molecule has 3 aliphatic rings. The summed E-state index contributed by atoms with van der Waals surface area (Å²) in [6, 6.07) is 9.08. The third-order valence-electron chi connectivity index (χ3n) is 7.01. The molecule has 2 atom stereocenters. The fourth-order valence-corrected chi connectivity index (χ4v) is 7.88. The highest BCUT2D eigenvalue weighted by atomic mass is 127. The zero-order valence-electron chi connectivity index (χ0n) is 18.2. The minimum atomic E-state index is -3.80. The Labute approximate surface area is 206 Å². The molecule has 2 unspecified atom stereocenters. The fraction of sp³-hybridized carbons (Fsp3) is 0.435. The highest BCUT2D eigenvalue weighted by molar-refractivity contribution is 14.1. The lowest BCUT2D eigenvalue weighted by atomic mass is 10.1. The van der Waals surface area contributed by atoms with Gasteiger partial charge in [0.15, 0.2) is 5.65 Å². The van der Waals surface area contributed by atoms with Crippen LogP contribution < -0.4 is 4.90 Å². The second kappa shape index (κ2) is 7.66. The number of benzene rings is 1. The van der Waals surface area contributed by atoms with Crippen LogP contribution >= 0.6 is 22.6 Å². The van der Waals surface area contributed by atoms with Gasteiger partial charge in [-0.3, -0.25) is 4.79 Å². The van der Waals surface area contributed by atoms with E-state index in [9.17, 15) is 13.2 Å². The van der Waals surface area contributed by atoms with Gasteiger partial charge in [0.05, 0.1) is 14.0 Å².